The Morgan fingerprint density at radius 3 is 0.943 bits per heavy atom. The zero-order valence-corrected chi connectivity index (χ0v) is 62.6. The molecule has 0 unspecified atom stereocenters. The second kappa shape index (κ2) is 37.5. The van der Waals surface area contributed by atoms with E-state index in [-0.39, 0.29) is 10.8 Å². The Labute approximate surface area is 540 Å². The van der Waals surface area contributed by atoms with Crippen LogP contribution in [0.3, 0.4) is 0 Å². The molecular formula is C87H132. The van der Waals surface area contributed by atoms with E-state index < -0.39 is 0 Å². The maximum Gasteiger partial charge on any atom is -0.0129 e. The van der Waals surface area contributed by atoms with E-state index in [2.05, 4.69) is 368 Å². The van der Waals surface area contributed by atoms with Crippen molar-refractivity contribution in [1.82, 2.24) is 0 Å². The second-order valence-corrected chi connectivity index (χ2v) is 30.3. The van der Waals surface area contributed by atoms with E-state index >= 15 is 0 Å². The maximum absolute atomic E-state index is 2.40. The van der Waals surface area contributed by atoms with Crippen molar-refractivity contribution in [3.63, 3.8) is 0 Å². The van der Waals surface area contributed by atoms with E-state index in [1.54, 1.807) is 0 Å². The Morgan fingerprint density at radius 2 is 0.598 bits per heavy atom. The lowest BCUT2D eigenvalue weighted by Crippen LogP contribution is -2.12. The van der Waals surface area contributed by atoms with Gasteiger partial charge in [0.25, 0.3) is 0 Å². The van der Waals surface area contributed by atoms with Gasteiger partial charge in [-0.2, -0.15) is 0 Å². The molecule has 0 atom stereocenters. The van der Waals surface area contributed by atoms with Gasteiger partial charge in [0, 0.05) is 0 Å². The van der Waals surface area contributed by atoms with Crippen LogP contribution in [0.4, 0.5) is 0 Å². The molecule has 0 bridgehead atoms. The lowest BCUT2D eigenvalue weighted by Gasteiger charge is -2.21. The Bertz CT molecular complexity index is 2960. The first-order valence-corrected chi connectivity index (χ1v) is 33.8. The fourth-order valence-electron chi connectivity index (χ4n) is 10.9. The Hall–Kier alpha value is -5.46. The first kappa shape index (κ1) is 79.6. The molecule has 0 radical (unpaired) electrons. The molecule has 0 aliphatic carbocycles. The van der Waals surface area contributed by atoms with Crippen molar-refractivity contribution < 1.29 is 0 Å². The molecule has 480 valence electrons. The van der Waals surface area contributed by atoms with E-state index in [0.717, 1.165) is 0 Å². The van der Waals surface area contributed by atoms with E-state index in [4.69, 9.17) is 0 Å². The van der Waals surface area contributed by atoms with Gasteiger partial charge in [0.15, 0.2) is 0 Å². The van der Waals surface area contributed by atoms with Gasteiger partial charge in [0.1, 0.15) is 0 Å². The summed E-state index contributed by atoms with van der Waals surface area (Å²) in [5, 5.41) is 0. The van der Waals surface area contributed by atoms with E-state index in [1.807, 2.05) is 0 Å². The van der Waals surface area contributed by atoms with Crippen LogP contribution in [-0.2, 0) is 10.8 Å². The fraction of sp³-hybridized carbons (Fsp3) is 0.517. The van der Waals surface area contributed by atoms with Crippen LogP contribution in [-0.4, -0.2) is 0 Å². The van der Waals surface area contributed by atoms with Crippen molar-refractivity contribution in [2.75, 3.05) is 0 Å². The van der Waals surface area contributed by atoms with E-state index in [0.29, 0.717) is 59.2 Å². The molecule has 0 N–H and O–H groups in total. The number of hydrogen-bond donors (Lipinski definition) is 0. The lowest BCUT2D eigenvalue weighted by molar-refractivity contribution is 0.586. The van der Waals surface area contributed by atoms with Crippen LogP contribution >= 0.6 is 0 Å². The van der Waals surface area contributed by atoms with E-state index in [1.165, 1.54) is 106 Å². The van der Waals surface area contributed by atoms with Gasteiger partial charge in [-0.15, -0.1) is 0 Å². The van der Waals surface area contributed by atoms with Gasteiger partial charge in [-0.25, -0.2) is 0 Å². The Balaban J connectivity index is 0.000000510. The van der Waals surface area contributed by atoms with Crippen molar-refractivity contribution in [3.05, 3.63) is 245 Å². The molecule has 0 aliphatic heterocycles. The average Bonchev–Trinajstić information content (AvgIpc) is 3.54. The Morgan fingerprint density at radius 1 is 0.230 bits per heavy atom. The molecule has 7 aromatic rings. The van der Waals surface area contributed by atoms with Gasteiger partial charge in [-0.1, -0.05) is 336 Å². The molecule has 87 heavy (non-hydrogen) atoms. The zero-order valence-electron chi connectivity index (χ0n) is 62.6. The number of aryl methyl sites for hydroxylation is 5. The predicted octanol–water partition coefficient (Wildman–Crippen LogP) is 27.8. The summed E-state index contributed by atoms with van der Waals surface area (Å²) in [5.74, 6) is 6.34. The summed E-state index contributed by atoms with van der Waals surface area (Å²) in [5.41, 5.74) is 28.1. The second-order valence-electron chi connectivity index (χ2n) is 30.3. The van der Waals surface area contributed by atoms with Crippen LogP contribution in [0, 0.1) is 48.5 Å². The minimum atomic E-state index is 0.283. The molecule has 0 saturated heterocycles. The smallest absolute Gasteiger partial charge is 0.0129 e. The summed E-state index contributed by atoms with van der Waals surface area (Å²) >= 11 is 0. The summed E-state index contributed by atoms with van der Waals surface area (Å²) < 4.78 is 0. The highest BCUT2D eigenvalue weighted by molar-refractivity contribution is 5.43. The Kier molecular flexibility index (Phi) is 34.3. The van der Waals surface area contributed by atoms with Gasteiger partial charge in [-0.3, -0.25) is 0 Å². The van der Waals surface area contributed by atoms with Crippen molar-refractivity contribution in [2.45, 2.75) is 298 Å². The third-order valence-corrected chi connectivity index (χ3v) is 16.7. The molecule has 0 nitrogen and oxygen atoms in total. The standard InChI is InChI=1S/C16H26.3C13H20.2C11H16.C10H14/c1-10(2)14-8-15(11(3)4)13(7)16(9-14)12(5)6;1-9(2)12-6-11(5)7-13(8-12)10(3)4;1-9(2)12-7-6-11(5)13(8-12)10(3)4;1-9(2)12-7-6-8-13(10(3)4)11(12)5;1-9-6-5-7-10(8-9)11(2,3)4;1-9-7-5-6-8-10(9)11(2,3)4;1-8(2)10-6-4-9(3)5-7-10/h8-12H,1-7H3;3*6-10H,1-5H3;2*5-8H,1-4H3;4-8H,1-3H3. The highest BCUT2D eigenvalue weighted by atomic mass is 14.2. The van der Waals surface area contributed by atoms with Crippen LogP contribution in [0.1, 0.15) is 345 Å². The first-order chi connectivity index (χ1) is 40.1. The molecule has 0 spiro atoms. The average molecular weight is 1180 g/mol. The summed E-state index contributed by atoms with van der Waals surface area (Å²) in [6, 6.07) is 51.2. The van der Waals surface area contributed by atoms with Gasteiger partial charge >= 0.3 is 0 Å². The summed E-state index contributed by atoms with van der Waals surface area (Å²) in [7, 11) is 0. The number of rotatable bonds is 10. The van der Waals surface area contributed by atoms with Crippen molar-refractivity contribution >= 4 is 0 Å². The largest absolute Gasteiger partial charge is 0.0620 e. The summed E-state index contributed by atoms with van der Waals surface area (Å²) in [4.78, 5) is 0. The normalized spacial score (nSPS) is 11.4. The highest BCUT2D eigenvalue weighted by Crippen LogP contribution is 2.33. The van der Waals surface area contributed by atoms with Gasteiger partial charge in [0.05, 0.1) is 0 Å². The van der Waals surface area contributed by atoms with Crippen molar-refractivity contribution in [1.29, 1.82) is 0 Å². The summed E-state index contributed by atoms with van der Waals surface area (Å²) in [6.45, 7) is 73.9. The monoisotopic (exact) mass is 1180 g/mol. The molecule has 0 heteroatoms. The van der Waals surface area contributed by atoms with Crippen LogP contribution in [0.5, 0.6) is 0 Å². The van der Waals surface area contributed by atoms with Gasteiger partial charge in [0.2, 0.25) is 0 Å². The zero-order chi connectivity index (χ0) is 67.0. The van der Waals surface area contributed by atoms with Crippen LogP contribution in [0.25, 0.3) is 0 Å². The SMILES string of the molecule is Cc1c(C(C)C)cc(C(C)C)cc1C(C)C.Cc1c(C(C)C)cccc1C(C)C.Cc1cc(C(C)C)cc(C(C)C)c1.Cc1ccc(C(C)C)cc1.Cc1ccc(C(C)C)cc1C(C)C.Cc1cccc(C(C)(C)C)c1.Cc1ccccc1C(C)(C)C. The molecule has 0 heterocycles. The van der Waals surface area contributed by atoms with E-state index in [9.17, 15) is 0 Å². The molecular weight excluding hydrogens is 1040 g/mol. The van der Waals surface area contributed by atoms with Gasteiger partial charge in [-0.05, 0) is 207 Å². The van der Waals surface area contributed by atoms with Gasteiger partial charge < -0.3 is 0 Å². The van der Waals surface area contributed by atoms with Crippen LogP contribution in [0.2, 0.25) is 0 Å². The number of hydrogen-bond acceptors (Lipinski definition) is 0. The lowest BCUT2D eigenvalue weighted by atomic mass is 9.84. The topological polar surface area (TPSA) is 0 Å². The quantitative estimate of drug-likeness (QED) is 0.128. The molecule has 0 saturated carbocycles. The fourth-order valence-corrected chi connectivity index (χ4v) is 10.9. The third kappa shape index (κ3) is 28.3. The molecule has 0 aromatic heterocycles. The predicted molar refractivity (Wildman–Crippen MR) is 397 cm³/mol. The molecule has 0 aliphatic rings. The first-order valence-electron chi connectivity index (χ1n) is 33.8. The molecule has 7 rings (SSSR count). The minimum absolute atomic E-state index is 0.283. The minimum Gasteiger partial charge on any atom is -0.0620 e. The summed E-state index contributed by atoms with van der Waals surface area (Å²) in [6.07, 6.45) is 0. The maximum atomic E-state index is 2.40. The third-order valence-electron chi connectivity index (χ3n) is 16.7. The van der Waals surface area contributed by atoms with Crippen molar-refractivity contribution in [3.8, 4) is 0 Å². The van der Waals surface area contributed by atoms with Crippen LogP contribution < -0.4 is 0 Å². The van der Waals surface area contributed by atoms with Crippen LogP contribution in [0.15, 0.2) is 140 Å². The molecule has 7 aromatic carbocycles. The number of benzene rings is 7. The molecule has 0 fully saturated rings. The highest BCUT2D eigenvalue weighted by Gasteiger charge is 2.17. The van der Waals surface area contributed by atoms with Crippen molar-refractivity contribution in [2.24, 2.45) is 0 Å². The molecule has 0 amide bonds.